The molecule has 0 bridgehead atoms. The predicted molar refractivity (Wildman–Crippen MR) is 65.5 cm³/mol. The fourth-order valence-electron chi connectivity index (χ4n) is 2.10. The maximum atomic E-state index is 12.6. The Bertz CT molecular complexity index is 519. The van der Waals surface area contributed by atoms with E-state index in [4.69, 9.17) is 4.74 Å². The Morgan fingerprint density at radius 3 is 2.65 bits per heavy atom. The molecule has 1 aromatic rings. The van der Waals surface area contributed by atoms with Gasteiger partial charge in [-0.25, -0.2) is 0 Å². The first-order valence-corrected chi connectivity index (χ1v) is 6.03. The summed E-state index contributed by atoms with van der Waals surface area (Å²) in [6, 6.07) is 2.32. The van der Waals surface area contributed by atoms with Crippen molar-refractivity contribution in [3.05, 3.63) is 33.9 Å². The molecule has 0 saturated carbocycles. The maximum Gasteiger partial charge on any atom is 0.416 e. The van der Waals surface area contributed by atoms with Gasteiger partial charge in [-0.1, -0.05) is 0 Å². The molecule has 1 heterocycles. The van der Waals surface area contributed by atoms with Crippen molar-refractivity contribution in [3.8, 4) is 0 Å². The summed E-state index contributed by atoms with van der Waals surface area (Å²) in [5, 5.41) is 13.8. The van der Waals surface area contributed by atoms with Crippen molar-refractivity contribution in [2.24, 2.45) is 0 Å². The molecule has 1 aromatic carbocycles. The predicted octanol–water partition coefficient (Wildman–Crippen LogP) is 3.20. The van der Waals surface area contributed by atoms with Crippen LogP contribution < -0.4 is 5.32 Å². The van der Waals surface area contributed by atoms with E-state index < -0.39 is 22.4 Å². The minimum Gasteiger partial charge on any atom is -0.376 e. The van der Waals surface area contributed by atoms with Crippen molar-refractivity contribution in [2.45, 2.75) is 31.7 Å². The van der Waals surface area contributed by atoms with Crippen molar-refractivity contribution in [2.75, 3.05) is 11.9 Å². The van der Waals surface area contributed by atoms with E-state index >= 15 is 0 Å². The normalized spacial score (nSPS) is 22.8. The van der Waals surface area contributed by atoms with Crippen LogP contribution in [0.2, 0.25) is 0 Å². The average Bonchev–Trinajstić information content (AvgIpc) is 2.74. The van der Waals surface area contributed by atoms with E-state index in [1.807, 2.05) is 0 Å². The smallest absolute Gasteiger partial charge is 0.376 e. The molecule has 5 nitrogen and oxygen atoms in total. The second-order valence-corrected chi connectivity index (χ2v) is 4.60. The number of benzene rings is 1. The Balaban J connectivity index is 2.31. The van der Waals surface area contributed by atoms with E-state index in [2.05, 4.69) is 5.32 Å². The molecule has 8 heteroatoms. The molecule has 1 saturated heterocycles. The summed E-state index contributed by atoms with van der Waals surface area (Å²) in [4.78, 5) is 10.1. The minimum absolute atomic E-state index is 0.0744. The highest BCUT2D eigenvalue weighted by molar-refractivity contribution is 5.63. The number of alkyl halides is 3. The lowest BCUT2D eigenvalue weighted by Gasteiger charge is -2.18. The summed E-state index contributed by atoms with van der Waals surface area (Å²) in [7, 11) is 0. The topological polar surface area (TPSA) is 64.4 Å². The molecule has 2 atom stereocenters. The van der Waals surface area contributed by atoms with Gasteiger partial charge in [0.15, 0.2) is 0 Å². The monoisotopic (exact) mass is 290 g/mol. The number of anilines is 1. The number of hydrogen-bond donors (Lipinski definition) is 1. The van der Waals surface area contributed by atoms with Crippen molar-refractivity contribution < 1.29 is 22.8 Å². The number of nitrogens with zero attached hydrogens (tertiary/aromatic N) is 1. The van der Waals surface area contributed by atoms with Crippen LogP contribution in [0, 0.1) is 10.1 Å². The molecule has 0 aromatic heterocycles. The molecule has 1 N–H and O–H groups in total. The first-order chi connectivity index (χ1) is 9.29. The Kier molecular flexibility index (Phi) is 3.85. The van der Waals surface area contributed by atoms with E-state index in [9.17, 15) is 23.3 Å². The van der Waals surface area contributed by atoms with Gasteiger partial charge < -0.3 is 10.1 Å². The summed E-state index contributed by atoms with van der Waals surface area (Å²) in [6.07, 6.45) is -4.09. The fourth-order valence-corrected chi connectivity index (χ4v) is 2.10. The Morgan fingerprint density at radius 2 is 2.15 bits per heavy atom. The van der Waals surface area contributed by atoms with E-state index in [1.165, 1.54) is 0 Å². The molecule has 0 spiro atoms. The second kappa shape index (κ2) is 5.28. The Labute approximate surface area is 112 Å². The van der Waals surface area contributed by atoms with Gasteiger partial charge in [-0.3, -0.25) is 10.1 Å². The lowest BCUT2D eigenvalue weighted by Crippen LogP contribution is -2.27. The lowest BCUT2D eigenvalue weighted by atomic mass is 10.1. The van der Waals surface area contributed by atoms with Crippen LogP contribution in [-0.2, 0) is 10.9 Å². The van der Waals surface area contributed by atoms with Gasteiger partial charge in [-0.2, -0.15) is 13.2 Å². The third-order valence-corrected chi connectivity index (χ3v) is 3.24. The molecular weight excluding hydrogens is 277 g/mol. The van der Waals surface area contributed by atoms with E-state index in [0.717, 1.165) is 12.1 Å². The molecule has 1 fully saturated rings. The third-order valence-electron chi connectivity index (χ3n) is 3.24. The number of rotatable bonds is 3. The van der Waals surface area contributed by atoms with Gasteiger partial charge in [0.05, 0.1) is 22.6 Å². The highest BCUT2D eigenvalue weighted by Crippen LogP contribution is 2.35. The van der Waals surface area contributed by atoms with Crippen molar-refractivity contribution in [1.29, 1.82) is 0 Å². The largest absolute Gasteiger partial charge is 0.416 e. The van der Waals surface area contributed by atoms with Gasteiger partial charge in [0.2, 0.25) is 0 Å². The number of halogens is 3. The number of hydrogen-bond acceptors (Lipinski definition) is 4. The number of nitro groups is 1. The molecule has 1 aliphatic rings. The Hall–Kier alpha value is -1.83. The molecule has 2 unspecified atom stereocenters. The first-order valence-electron chi connectivity index (χ1n) is 6.03. The summed E-state index contributed by atoms with van der Waals surface area (Å²) >= 11 is 0. The van der Waals surface area contributed by atoms with Crippen LogP contribution in [-0.4, -0.2) is 23.7 Å². The van der Waals surface area contributed by atoms with Gasteiger partial charge in [0, 0.05) is 12.7 Å². The van der Waals surface area contributed by atoms with Crippen LogP contribution in [0.25, 0.3) is 0 Å². The molecule has 110 valence electrons. The second-order valence-electron chi connectivity index (χ2n) is 4.60. The maximum absolute atomic E-state index is 12.6. The summed E-state index contributed by atoms with van der Waals surface area (Å²) in [6.45, 7) is 2.33. The van der Waals surface area contributed by atoms with E-state index in [-0.39, 0.29) is 17.8 Å². The van der Waals surface area contributed by atoms with Crippen LogP contribution >= 0.6 is 0 Å². The molecule has 0 amide bonds. The van der Waals surface area contributed by atoms with Crippen LogP contribution in [0.4, 0.5) is 24.5 Å². The summed E-state index contributed by atoms with van der Waals surface area (Å²) in [5.74, 6) is 0. The summed E-state index contributed by atoms with van der Waals surface area (Å²) in [5.41, 5.74) is -1.55. The third kappa shape index (κ3) is 3.01. The fraction of sp³-hybridized carbons (Fsp3) is 0.500. The minimum atomic E-state index is -4.60. The highest BCUT2D eigenvalue weighted by atomic mass is 19.4. The standard InChI is InChI=1S/C12H13F3N2O3/c1-7-9(4-5-20-7)16-10-3-2-8(12(13,14)15)6-11(10)17(18)19/h2-3,6-7,9,16H,4-5H2,1H3. The van der Waals surface area contributed by atoms with Gasteiger partial charge in [0.1, 0.15) is 5.69 Å². The van der Waals surface area contributed by atoms with Gasteiger partial charge >= 0.3 is 6.18 Å². The van der Waals surface area contributed by atoms with Crippen molar-refractivity contribution in [1.82, 2.24) is 0 Å². The van der Waals surface area contributed by atoms with Gasteiger partial charge in [0.25, 0.3) is 5.69 Å². The number of nitrogens with one attached hydrogen (secondary N) is 1. The van der Waals surface area contributed by atoms with E-state index in [1.54, 1.807) is 6.92 Å². The zero-order chi connectivity index (χ0) is 14.9. The van der Waals surface area contributed by atoms with Crippen LogP contribution in [0.1, 0.15) is 18.9 Å². The quantitative estimate of drug-likeness (QED) is 0.686. The average molecular weight is 290 g/mol. The zero-order valence-corrected chi connectivity index (χ0v) is 10.6. The van der Waals surface area contributed by atoms with Crippen LogP contribution in [0.15, 0.2) is 18.2 Å². The summed E-state index contributed by atoms with van der Waals surface area (Å²) < 4.78 is 43.0. The molecule has 20 heavy (non-hydrogen) atoms. The van der Waals surface area contributed by atoms with E-state index in [0.29, 0.717) is 19.1 Å². The number of nitro benzene ring substituents is 1. The lowest BCUT2D eigenvalue weighted by molar-refractivity contribution is -0.384. The van der Waals surface area contributed by atoms with Crippen LogP contribution in [0.5, 0.6) is 0 Å². The van der Waals surface area contributed by atoms with Gasteiger partial charge in [-0.05, 0) is 25.5 Å². The molecule has 0 radical (unpaired) electrons. The SMILES string of the molecule is CC1OCCC1Nc1ccc(C(F)(F)F)cc1[N+](=O)[O-]. The molecule has 1 aliphatic heterocycles. The zero-order valence-electron chi connectivity index (χ0n) is 10.6. The van der Waals surface area contributed by atoms with Crippen LogP contribution in [0.3, 0.4) is 0 Å². The first kappa shape index (κ1) is 14.6. The molecule has 2 rings (SSSR count). The Morgan fingerprint density at radius 1 is 1.45 bits per heavy atom. The highest BCUT2D eigenvalue weighted by Gasteiger charge is 2.34. The van der Waals surface area contributed by atoms with Crippen molar-refractivity contribution in [3.63, 3.8) is 0 Å². The van der Waals surface area contributed by atoms with Crippen molar-refractivity contribution >= 4 is 11.4 Å². The number of ether oxygens (including phenoxy) is 1. The molecule has 0 aliphatic carbocycles. The molecular formula is C12H13F3N2O3. The van der Waals surface area contributed by atoms with Gasteiger partial charge in [-0.15, -0.1) is 0 Å².